The molecule has 6 heteroatoms. The topological polar surface area (TPSA) is 49.3 Å². The van der Waals surface area contributed by atoms with Gasteiger partial charge in [0.2, 0.25) is 0 Å². The third-order valence-corrected chi connectivity index (χ3v) is 8.81. The van der Waals surface area contributed by atoms with Crippen molar-refractivity contribution in [2.75, 3.05) is 31.1 Å². The van der Waals surface area contributed by atoms with Crippen molar-refractivity contribution in [3.63, 3.8) is 0 Å². The van der Waals surface area contributed by atoms with Gasteiger partial charge in [0.15, 0.2) is 0 Å². The van der Waals surface area contributed by atoms with Gasteiger partial charge in [0, 0.05) is 42.5 Å². The summed E-state index contributed by atoms with van der Waals surface area (Å²) in [5.41, 5.74) is 3.64. The number of nitrogens with zero attached hydrogens (tertiary/aromatic N) is 4. The molecule has 0 N–H and O–H groups in total. The second-order valence-corrected chi connectivity index (χ2v) is 12.3. The second-order valence-electron chi connectivity index (χ2n) is 11.2. The summed E-state index contributed by atoms with van der Waals surface area (Å²) >= 11 is 1.90. The standard InChI is InChI=1S/C28H34N4OS/c1-28(2,3)20-12-10-19(11-13-20)27(33)32-16-14-31(15-17-32)25-23-21-6-4-5-7-22(21)34-26(23)30-24(29-25)18-8-9-18/h10-13,18H,4-9,14-17H2,1-3H3. The van der Waals surface area contributed by atoms with Crippen LogP contribution in [0.2, 0.25) is 0 Å². The van der Waals surface area contributed by atoms with Crippen LogP contribution in [0.5, 0.6) is 0 Å². The zero-order valence-electron chi connectivity index (χ0n) is 20.6. The molecule has 5 nitrogen and oxygen atoms in total. The number of carbonyl (C=O) groups is 1. The van der Waals surface area contributed by atoms with Crippen molar-refractivity contribution in [1.82, 2.24) is 14.9 Å². The molecule has 6 rings (SSSR count). The van der Waals surface area contributed by atoms with Gasteiger partial charge in [-0.15, -0.1) is 11.3 Å². The minimum absolute atomic E-state index is 0.0935. The monoisotopic (exact) mass is 474 g/mol. The molecule has 2 aliphatic carbocycles. The van der Waals surface area contributed by atoms with Gasteiger partial charge in [-0.05, 0) is 67.2 Å². The van der Waals surface area contributed by atoms with Gasteiger partial charge < -0.3 is 9.80 Å². The lowest BCUT2D eigenvalue weighted by Gasteiger charge is -2.36. The highest BCUT2D eigenvalue weighted by atomic mass is 32.1. The van der Waals surface area contributed by atoms with E-state index in [1.54, 1.807) is 0 Å². The summed E-state index contributed by atoms with van der Waals surface area (Å²) in [6.45, 7) is 9.72. The first-order chi connectivity index (χ1) is 16.4. The maximum absolute atomic E-state index is 13.2. The molecular weight excluding hydrogens is 440 g/mol. The molecule has 2 fully saturated rings. The molecule has 3 aliphatic rings. The van der Waals surface area contributed by atoms with Crippen LogP contribution in [0.1, 0.15) is 84.6 Å². The molecule has 1 saturated carbocycles. The van der Waals surface area contributed by atoms with Crippen LogP contribution in [0.25, 0.3) is 10.2 Å². The Kier molecular flexibility index (Phi) is 5.40. The molecule has 2 aromatic heterocycles. The number of thiophene rings is 1. The van der Waals surface area contributed by atoms with Gasteiger partial charge in [0.25, 0.3) is 5.91 Å². The second kappa shape index (κ2) is 8.33. The van der Waals surface area contributed by atoms with Crippen LogP contribution < -0.4 is 4.90 Å². The molecular formula is C28H34N4OS. The normalized spacial score (nSPS) is 18.9. The molecule has 1 aromatic carbocycles. The van der Waals surface area contributed by atoms with Crippen molar-refractivity contribution in [2.24, 2.45) is 0 Å². The van der Waals surface area contributed by atoms with Crippen LogP contribution in [0.3, 0.4) is 0 Å². The maximum Gasteiger partial charge on any atom is 0.253 e. The van der Waals surface area contributed by atoms with Crippen LogP contribution >= 0.6 is 11.3 Å². The molecule has 0 bridgehead atoms. The van der Waals surface area contributed by atoms with Crippen molar-refractivity contribution in [1.29, 1.82) is 0 Å². The molecule has 178 valence electrons. The number of piperazine rings is 1. The number of fused-ring (bicyclic) bond motifs is 3. The Bertz CT molecular complexity index is 1230. The molecule has 3 aromatic rings. The predicted octanol–water partition coefficient (Wildman–Crippen LogP) is 5.71. The highest BCUT2D eigenvalue weighted by Crippen LogP contribution is 2.44. The van der Waals surface area contributed by atoms with Crippen molar-refractivity contribution >= 4 is 33.3 Å². The first-order valence-electron chi connectivity index (χ1n) is 12.9. The molecule has 0 unspecified atom stereocenters. The Labute approximate surface area is 206 Å². The van der Waals surface area contributed by atoms with Crippen molar-refractivity contribution < 1.29 is 4.79 Å². The lowest BCUT2D eigenvalue weighted by Crippen LogP contribution is -2.49. The van der Waals surface area contributed by atoms with E-state index in [2.05, 4.69) is 37.8 Å². The van der Waals surface area contributed by atoms with Gasteiger partial charge in [0.05, 0.1) is 5.39 Å². The van der Waals surface area contributed by atoms with E-state index in [1.807, 2.05) is 28.4 Å². The van der Waals surface area contributed by atoms with E-state index in [0.717, 1.165) is 49.8 Å². The number of carbonyl (C=O) groups excluding carboxylic acids is 1. The highest BCUT2D eigenvalue weighted by Gasteiger charge is 2.32. The van der Waals surface area contributed by atoms with Gasteiger partial charge in [-0.1, -0.05) is 32.9 Å². The Balaban J connectivity index is 1.23. The minimum atomic E-state index is 0.0935. The Morgan fingerprint density at radius 2 is 1.68 bits per heavy atom. The zero-order valence-corrected chi connectivity index (χ0v) is 21.4. The summed E-state index contributed by atoms with van der Waals surface area (Å²) in [6, 6.07) is 8.17. The van der Waals surface area contributed by atoms with Gasteiger partial charge in [-0.2, -0.15) is 0 Å². The van der Waals surface area contributed by atoms with Crippen LogP contribution in [-0.4, -0.2) is 47.0 Å². The zero-order chi connectivity index (χ0) is 23.4. The smallest absolute Gasteiger partial charge is 0.253 e. The molecule has 3 heterocycles. The largest absolute Gasteiger partial charge is 0.352 e. The molecule has 34 heavy (non-hydrogen) atoms. The average molecular weight is 475 g/mol. The number of anilines is 1. The number of hydrogen-bond acceptors (Lipinski definition) is 5. The van der Waals surface area contributed by atoms with Crippen molar-refractivity contribution in [3.8, 4) is 0 Å². The number of amides is 1. The number of hydrogen-bond donors (Lipinski definition) is 0. The Hall–Kier alpha value is -2.47. The van der Waals surface area contributed by atoms with Crippen LogP contribution in [0.15, 0.2) is 24.3 Å². The lowest BCUT2D eigenvalue weighted by molar-refractivity contribution is 0.0746. The van der Waals surface area contributed by atoms with Gasteiger partial charge in [0.1, 0.15) is 16.5 Å². The fourth-order valence-electron chi connectivity index (χ4n) is 5.32. The average Bonchev–Trinajstić information content (AvgIpc) is 3.63. The number of rotatable bonds is 3. The fourth-order valence-corrected chi connectivity index (χ4v) is 6.59. The Morgan fingerprint density at radius 3 is 2.35 bits per heavy atom. The van der Waals surface area contributed by atoms with Gasteiger partial charge >= 0.3 is 0 Å². The lowest BCUT2D eigenvalue weighted by atomic mass is 9.86. The number of aromatic nitrogens is 2. The summed E-state index contributed by atoms with van der Waals surface area (Å²) < 4.78 is 0. The quantitative estimate of drug-likeness (QED) is 0.488. The fraction of sp³-hybridized carbons (Fsp3) is 0.536. The SMILES string of the molecule is CC(C)(C)c1ccc(C(=O)N2CCN(c3nc(C4CC4)nc4sc5c(c34)CCCC5)CC2)cc1. The van der Waals surface area contributed by atoms with E-state index in [9.17, 15) is 4.79 Å². The summed E-state index contributed by atoms with van der Waals surface area (Å²) in [6.07, 6.45) is 7.31. The Morgan fingerprint density at radius 1 is 0.971 bits per heavy atom. The first kappa shape index (κ1) is 22.0. The summed E-state index contributed by atoms with van der Waals surface area (Å²) in [7, 11) is 0. The summed E-state index contributed by atoms with van der Waals surface area (Å²) in [4.78, 5) is 30.5. The van der Waals surface area contributed by atoms with E-state index in [4.69, 9.17) is 9.97 Å². The highest BCUT2D eigenvalue weighted by molar-refractivity contribution is 7.19. The molecule has 1 aliphatic heterocycles. The van der Waals surface area contributed by atoms with E-state index in [1.165, 1.54) is 58.3 Å². The van der Waals surface area contributed by atoms with E-state index in [0.29, 0.717) is 5.92 Å². The number of aryl methyl sites for hydroxylation is 2. The third kappa shape index (κ3) is 4.00. The van der Waals surface area contributed by atoms with Gasteiger partial charge in [-0.3, -0.25) is 4.79 Å². The van der Waals surface area contributed by atoms with Gasteiger partial charge in [-0.25, -0.2) is 9.97 Å². The minimum Gasteiger partial charge on any atom is -0.352 e. The first-order valence-corrected chi connectivity index (χ1v) is 13.7. The summed E-state index contributed by atoms with van der Waals surface area (Å²) in [5, 5.41) is 1.31. The molecule has 0 spiro atoms. The molecule has 1 saturated heterocycles. The van der Waals surface area contributed by atoms with Crippen molar-refractivity contribution in [2.45, 2.75) is 70.6 Å². The van der Waals surface area contributed by atoms with Crippen molar-refractivity contribution in [3.05, 3.63) is 51.7 Å². The van der Waals surface area contributed by atoms with E-state index < -0.39 is 0 Å². The molecule has 1 amide bonds. The predicted molar refractivity (Wildman–Crippen MR) is 139 cm³/mol. The summed E-state index contributed by atoms with van der Waals surface area (Å²) in [5.74, 6) is 2.85. The van der Waals surface area contributed by atoms with E-state index >= 15 is 0 Å². The third-order valence-electron chi connectivity index (χ3n) is 7.62. The van der Waals surface area contributed by atoms with Crippen LogP contribution in [0.4, 0.5) is 5.82 Å². The maximum atomic E-state index is 13.2. The number of benzene rings is 1. The molecule has 0 atom stereocenters. The van der Waals surface area contributed by atoms with Crippen LogP contribution in [0, 0.1) is 0 Å². The van der Waals surface area contributed by atoms with E-state index in [-0.39, 0.29) is 11.3 Å². The van der Waals surface area contributed by atoms with Crippen LogP contribution in [-0.2, 0) is 18.3 Å². The molecule has 0 radical (unpaired) electrons.